The maximum atomic E-state index is 6.65. The van der Waals surface area contributed by atoms with E-state index < -0.39 is 0 Å². The number of nitrogens with zero attached hydrogens (tertiary/aromatic N) is 1. The van der Waals surface area contributed by atoms with Crippen LogP contribution < -0.4 is 0 Å². The maximum absolute atomic E-state index is 6.65. The summed E-state index contributed by atoms with van der Waals surface area (Å²) in [6.45, 7) is 7.14. The van der Waals surface area contributed by atoms with Crippen LogP contribution in [0.1, 0.15) is 42.7 Å². The molecule has 1 saturated heterocycles. The molecule has 3 nitrogen and oxygen atoms in total. The van der Waals surface area contributed by atoms with Gasteiger partial charge in [0, 0.05) is 19.1 Å². The van der Waals surface area contributed by atoms with Gasteiger partial charge in [-0.15, -0.1) is 0 Å². The number of fused-ring (bicyclic) bond motifs is 1. The van der Waals surface area contributed by atoms with Crippen molar-refractivity contribution in [2.75, 3.05) is 19.7 Å². The molecular weight excluding hydrogens is 322 g/mol. The second-order valence-electron chi connectivity index (χ2n) is 7.37. The van der Waals surface area contributed by atoms with E-state index in [9.17, 15) is 0 Å². The molecule has 0 spiro atoms. The smallest absolute Gasteiger partial charge is 0.111 e. The highest BCUT2D eigenvalue weighted by atomic mass is 16.5. The maximum Gasteiger partial charge on any atom is 0.111 e. The van der Waals surface area contributed by atoms with Crippen molar-refractivity contribution in [1.29, 1.82) is 0 Å². The van der Waals surface area contributed by atoms with Crippen LogP contribution in [0.25, 0.3) is 6.08 Å². The highest BCUT2D eigenvalue weighted by Crippen LogP contribution is 2.37. The van der Waals surface area contributed by atoms with E-state index in [0.29, 0.717) is 6.04 Å². The Bertz CT molecular complexity index is 756. The predicted octanol–water partition coefficient (Wildman–Crippen LogP) is 4.62. The lowest BCUT2D eigenvalue weighted by molar-refractivity contribution is -0.130. The number of benzene rings is 2. The fourth-order valence-electron chi connectivity index (χ4n) is 3.87. The first-order valence-electron chi connectivity index (χ1n) is 9.55. The second-order valence-corrected chi connectivity index (χ2v) is 7.37. The molecule has 0 amide bonds. The van der Waals surface area contributed by atoms with E-state index in [1.165, 1.54) is 16.7 Å². The Morgan fingerprint density at radius 1 is 1.04 bits per heavy atom. The summed E-state index contributed by atoms with van der Waals surface area (Å²) in [5, 5.41) is 0. The highest BCUT2D eigenvalue weighted by Gasteiger charge is 2.33. The largest absolute Gasteiger partial charge is 0.372 e. The summed E-state index contributed by atoms with van der Waals surface area (Å²) in [5.74, 6) is 0. The van der Waals surface area contributed by atoms with E-state index in [1.54, 1.807) is 0 Å². The minimum absolute atomic E-state index is 0.0190. The van der Waals surface area contributed by atoms with E-state index in [1.807, 2.05) is 6.07 Å². The van der Waals surface area contributed by atoms with Gasteiger partial charge < -0.3 is 9.47 Å². The molecule has 2 aromatic rings. The summed E-state index contributed by atoms with van der Waals surface area (Å²) in [7, 11) is 0. The first-order chi connectivity index (χ1) is 12.7. The summed E-state index contributed by atoms with van der Waals surface area (Å²) < 4.78 is 12.8. The third-order valence-corrected chi connectivity index (χ3v) is 5.37. The third kappa shape index (κ3) is 3.61. The average Bonchev–Trinajstić information content (AvgIpc) is 3.10. The number of rotatable bonds is 5. The molecule has 2 aliphatic rings. The lowest BCUT2D eigenvalue weighted by Crippen LogP contribution is -2.48. The number of hydrogen-bond donors (Lipinski definition) is 0. The molecule has 2 aromatic carbocycles. The molecule has 1 aliphatic carbocycles. The Labute approximate surface area is 156 Å². The van der Waals surface area contributed by atoms with Gasteiger partial charge in [0.25, 0.3) is 0 Å². The molecule has 0 bridgehead atoms. The van der Waals surface area contributed by atoms with Gasteiger partial charge in [0.1, 0.15) is 18.3 Å². The van der Waals surface area contributed by atoms with Gasteiger partial charge in [-0.2, -0.15) is 0 Å². The topological polar surface area (TPSA) is 21.7 Å². The fourth-order valence-corrected chi connectivity index (χ4v) is 3.87. The lowest BCUT2D eigenvalue weighted by Gasteiger charge is -2.39. The molecule has 3 atom stereocenters. The van der Waals surface area contributed by atoms with Gasteiger partial charge in [0.15, 0.2) is 0 Å². The van der Waals surface area contributed by atoms with Crippen LogP contribution in [0.3, 0.4) is 0 Å². The van der Waals surface area contributed by atoms with Gasteiger partial charge in [-0.3, -0.25) is 4.90 Å². The van der Waals surface area contributed by atoms with Crippen molar-refractivity contribution in [2.24, 2.45) is 0 Å². The first kappa shape index (κ1) is 17.5. The molecule has 0 N–H and O–H groups in total. The standard InChI is InChI=1S/C23H27NO2/c1-17(2)24-14-15-25-22(16-24)23(19-9-4-3-5-10-19)26-21-13-12-18-8-6-7-11-20(18)21/h3-13,17,21-23H,14-16H2,1-2H3. The fraction of sp³-hybridized carbons (Fsp3) is 0.391. The van der Waals surface area contributed by atoms with Gasteiger partial charge in [-0.1, -0.05) is 66.7 Å². The van der Waals surface area contributed by atoms with E-state index in [4.69, 9.17) is 9.47 Å². The van der Waals surface area contributed by atoms with Crippen molar-refractivity contribution in [1.82, 2.24) is 4.90 Å². The molecule has 0 aromatic heterocycles. The molecule has 136 valence electrons. The zero-order chi connectivity index (χ0) is 17.9. The number of hydrogen-bond acceptors (Lipinski definition) is 3. The zero-order valence-electron chi connectivity index (χ0n) is 15.5. The van der Waals surface area contributed by atoms with E-state index >= 15 is 0 Å². The molecule has 1 aliphatic heterocycles. The minimum Gasteiger partial charge on any atom is -0.372 e. The molecule has 3 unspecified atom stereocenters. The number of ether oxygens (including phenoxy) is 2. The molecule has 4 rings (SSSR count). The van der Waals surface area contributed by atoms with Gasteiger partial charge >= 0.3 is 0 Å². The van der Waals surface area contributed by atoms with E-state index in [2.05, 4.69) is 79.4 Å². The monoisotopic (exact) mass is 349 g/mol. The van der Waals surface area contributed by atoms with Gasteiger partial charge in [-0.05, 0) is 30.5 Å². The summed E-state index contributed by atoms with van der Waals surface area (Å²) in [6, 6.07) is 19.5. The molecule has 1 heterocycles. The van der Waals surface area contributed by atoms with Crippen molar-refractivity contribution in [3.63, 3.8) is 0 Å². The van der Waals surface area contributed by atoms with Gasteiger partial charge in [-0.25, -0.2) is 0 Å². The molecule has 0 saturated carbocycles. The summed E-state index contributed by atoms with van der Waals surface area (Å²) in [5.41, 5.74) is 3.67. The van der Waals surface area contributed by atoms with Crippen molar-refractivity contribution in [3.8, 4) is 0 Å². The minimum atomic E-state index is -0.0847. The SMILES string of the molecule is CC(C)N1CCOC(C(OC2C=Cc3ccccc32)c2ccccc2)C1. The van der Waals surface area contributed by atoms with Crippen LogP contribution in [-0.2, 0) is 9.47 Å². The van der Waals surface area contributed by atoms with Crippen molar-refractivity contribution < 1.29 is 9.47 Å². The van der Waals surface area contributed by atoms with Crippen LogP contribution in [0.15, 0.2) is 60.7 Å². The summed E-state index contributed by atoms with van der Waals surface area (Å²) in [4.78, 5) is 2.48. The van der Waals surface area contributed by atoms with E-state index in [0.717, 1.165) is 19.7 Å². The Morgan fingerprint density at radius 3 is 2.62 bits per heavy atom. The molecule has 0 radical (unpaired) electrons. The molecule has 3 heteroatoms. The third-order valence-electron chi connectivity index (χ3n) is 5.37. The summed E-state index contributed by atoms with van der Waals surface area (Å²) in [6.07, 6.45) is 4.25. The van der Waals surface area contributed by atoms with Crippen LogP contribution in [0.5, 0.6) is 0 Å². The van der Waals surface area contributed by atoms with Crippen LogP contribution in [-0.4, -0.2) is 36.7 Å². The quantitative estimate of drug-likeness (QED) is 0.786. The Hall–Kier alpha value is -1.94. The molecular formula is C23H27NO2. The Morgan fingerprint density at radius 2 is 1.81 bits per heavy atom. The Balaban J connectivity index is 1.59. The van der Waals surface area contributed by atoms with Crippen molar-refractivity contribution in [3.05, 3.63) is 77.4 Å². The van der Waals surface area contributed by atoms with Gasteiger partial charge in [0.2, 0.25) is 0 Å². The first-order valence-corrected chi connectivity index (χ1v) is 9.55. The van der Waals surface area contributed by atoms with Crippen LogP contribution >= 0.6 is 0 Å². The molecule has 26 heavy (non-hydrogen) atoms. The summed E-state index contributed by atoms with van der Waals surface area (Å²) >= 11 is 0. The van der Waals surface area contributed by atoms with Crippen LogP contribution in [0, 0.1) is 0 Å². The Kier molecular flexibility index (Phi) is 5.21. The predicted molar refractivity (Wildman–Crippen MR) is 105 cm³/mol. The van der Waals surface area contributed by atoms with Crippen LogP contribution in [0.4, 0.5) is 0 Å². The van der Waals surface area contributed by atoms with Crippen molar-refractivity contribution in [2.45, 2.75) is 38.2 Å². The van der Waals surface area contributed by atoms with E-state index in [-0.39, 0.29) is 18.3 Å². The normalized spacial score (nSPS) is 24.0. The second kappa shape index (κ2) is 7.75. The van der Waals surface area contributed by atoms with Crippen LogP contribution in [0.2, 0.25) is 0 Å². The molecule has 1 fully saturated rings. The number of morpholine rings is 1. The lowest BCUT2D eigenvalue weighted by atomic mass is 10.0. The van der Waals surface area contributed by atoms with Gasteiger partial charge in [0.05, 0.1) is 6.61 Å². The highest BCUT2D eigenvalue weighted by molar-refractivity contribution is 5.61. The average molecular weight is 349 g/mol. The van der Waals surface area contributed by atoms with Crippen molar-refractivity contribution >= 4 is 6.08 Å². The zero-order valence-corrected chi connectivity index (χ0v) is 15.5.